The molecule has 9 nitrogen and oxygen atoms in total. The average molecular weight is 463 g/mol. The predicted octanol–water partition coefficient (Wildman–Crippen LogP) is 4.11. The second-order valence-corrected chi connectivity index (χ2v) is 7.29. The summed E-state index contributed by atoms with van der Waals surface area (Å²) in [7, 11) is 3.07. The highest BCUT2D eigenvalue weighted by Gasteiger charge is 2.10. The molecule has 34 heavy (non-hydrogen) atoms. The molecule has 3 aromatic rings. The predicted molar refractivity (Wildman–Crippen MR) is 131 cm³/mol. The van der Waals surface area contributed by atoms with Crippen LogP contribution in [0.5, 0.6) is 23.0 Å². The Morgan fingerprint density at radius 1 is 0.794 bits per heavy atom. The molecule has 0 heterocycles. The van der Waals surface area contributed by atoms with Crippen LogP contribution in [0.2, 0.25) is 0 Å². The van der Waals surface area contributed by atoms with Gasteiger partial charge in [-0.3, -0.25) is 10.2 Å². The topological polar surface area (TPSA) is 125 Å². The maximum absolute atomic E-state index is 12.6. The van der Waals surface area contributed by atoms with E-state index < -0.39 is 5.91 Å². The number of amides is 1. The van der Waals surface area contributed by atoms with Crippen molar-refractivity contribution in [1.82, 2.24) is 5.43 Å². The number of carbonyl (C=O) groups excluding carboxylic acids is 1. The van der Waals surface area contributed by atoms with Crippen molar-refractivity contribution >= 4 is 23.0 Å². The fourth-order valence-electron chi connectivity index (χ4n) is 3.06. The van der Waals surface area contributed by atoms with Gasteiger partial charge in [-0.15, -0.1) is 0 Å². The van der Waals surface area contributed by atoms with Crippen molar-refractivity contribution in [3.63, 3.8) is 0 Å². The van der Waals surface area contributed by atoms with E-state index in [1.165, 1.54) is 19.2 Å². The van der Waals surface area contributed by atoms with Crippen molar-refractivity contribution in [1.29, 1.82) is 0 Å². The Kier molecular flexibility index (Phi) is 7.71. The van der Waals surface area contributed by atoms with Gasteiger partial charge in [-0.05, 0) is 68.4 Å². The molecule has 0 saturated heterocycles. The van der Waals surface area contributed by atoms with E-state index in [1.54, 1.807) is 69.5 Å². The van der Waals surface area contributed by atoms with E-state index in [0.717, 1.165) is 0 Å². The van der Waals surface area contributed by atoms with E-state index in [0.29, 0.717) is 45.3 Å². The highest BCUT2D eigenvalue weighted by Crippen LogP contribution is 2.24. The molecular weight excluding hydrogens is 436 g/mol. The second-order valence-electron chi connectivity index (χ2n) is 7.29. The third-order valence-electron chi connectivity index (χ3n) is 4.99. The summed E-state index contributed by atoms with van der Waals surface area (Å²) in [6.45, 7) is 3.40. The van der Waals surface area contributed by atoms with Gasteiger partial charge in [-0.2, -0.15) is 10.2 Å². The number of ether oxygens (including phenoxy) is 2. The molecule has 0 aliphatic carbocycles. The number of nitrogens with one attached hydrogen (secondary N) is 2. The van der Waals surface area contributed by atoms with Crippen LogP contribution in [-0.2, 0) is 0 Å². The Morgan fingerprint density at radius 2 is 1.35 bits per heavy atom. The first kappa shape index (κ1) is 24.1. The summed E-state index contributed by atoms with van der Waals surface area (Å²) < 4.78 is 10.4. The highest BCUT2D eigenvalue weighted by atomic mass is 16.5. The first-order valence-electron chi connectivity index (χ1n) is 10.3. The smallest absolute Gasteiger partial charge is 0.271 e. The van der Waals surface area contributed by atoms with Crippen molar-refractivity contribution in [2.75, 3.05) is 19.6 Å². The molecule has 0 atom stereocenters. The van der Waals surface area contributed by atoms with E-state index >= 15 is 0 Å². The molecule has 176 valence electrons. The zero-order valence-corrected chi connectivity index (χ0v) is 19.3. The standard InChI is InChI=1S/C25H26N4O5/c1-15(21-13-19(33-3)8-10-23(21)30)26-28-18-7-5-6-17(12-18)25(32)29-27-16(2)22-14-20(34-4)9-11-24(22)31/h5-14,28,30-31H,1-4H3,(H,29,32)/b26-15+,27-16+. The number of aromatic hydroxyl groups is 2. The maximum atomic E-state index is 12.6. The third kappa shape index (κ3) is 5.83. The van der Waals surface area contributed by atoms with Crippen LogP contribution in [0, 0.1) is 0 Å². The van der Waals surface area contributed by atoms with Gasteiger partial charge in [0.05, 0.1) is 31.3 Å². The van der Waals surface area contributed by atoms with Crippen molar-refractivity contribution in [2.24, 2.45) is 10.2 Å². The van der Waals surface area contributed by atoms with Gasteiger partial charge in [0.25, 0.3) is 5.91 Å². The molecule has 0 aromatic heterocycles. The zero-order valence-electron chi connectivity index (χ0n) is 19.3. The van der Waals surface area contributed by atoms with E-state index in [1.807, 2.05) is 0 Å². The summed E-state index contributed by atoms with van der Waals surface area (Å²) in [4.78, 5) is 12.6. The number of rotatable bonds is 8. The summed E-state index contributed by atoms with van der Waals surface area (Å²) in [5.74, 6) is 0.825. The molecule has 0 radical (unpaired) electrons. The Morgan fingerprint density at radius 3 is 1.91 bits per heavy atom. The fraction of sp³-hybridized carbons (Fsp3) is 0.160. The fourth-order valence-corrected chi connectivity index (χ4v) is 3.06. The molecule has 0 aliphatic heterocycles. The van der Waals surface area contributed by atoms with Crippen LogP contribution in [-0.4, -0.2) is 41.8 Å². The van der Waals surface area contributed by atoms with Crippen molar-refractivity contribution in [2.45, 2.75) is 13.8 Å². The Balaban J connectivity index is 1.72. The summed E-state index contributed by atoms with van der Waals surface area (Å²) >= 11 is 0. The molecule has 0 spiro atoms. The molecule has 4 N–H and O–H groups in total. The number of anilines is 1. The lowest BCUT2D eigenvalue weighted by molar-refractivity contribution is 0.0955. The lowest BCUT2D eigenvalue weighted by Crippen LogP contribution is -2.19. The Labute approximate surface area is 197 Å². The molecule has 3 rings (SSSR count). The summed E-state index contributed by atoms with van der Waals surface area (Å²) in [6, 6.07) is 16.3. The summed E-state index contributed by atoms with van der Waals surface area (Å²) in [6.07, 6.45) is 0. The normalized spacial score (nSPS) is 11.6. The number of phenolic OH excluding ortho intramolecular Hbond substituents is 2. The maximum Gasteiger partial charge on any atom is 0.271 e. The third-order valence-corrected chi connectivity index (χ3v) is 4.99. The number of nitrogens with zero attached hydrogens (tertiary/aromatic N) is 2. The largest absolute Gasteiger partial charge is 0.507 e. The van der Waals surface area contributed by atoms with Crippen molar-refractivity contribution in [3.05, 3.63) is 77.4 Å². The van der Waals surface area contributed by atoms with Crippen LogP contribution in [0.4, 0.5) is 5.69 Å². The molecule has 0 saturated carbocycles. The van der Waals surface area contributed by atoms with Gasteiger partial charge in [0.2, 0.25) is 0 Å². The van der Waals surface area contributed by atoms with E-state index in [2.05, 4.69) is 21.1 Å². The molecule has 0 aliphatic rings. The van der Waals surface area contributed by atoms with E-state index in [4.69, 9.17) is 9.47 Å². The van der Waals surface area contributed by atoms with Crippen LogP contribution in [0.3, 0.4) is 0 Å². The number of hydrazone groups is 2. The van der Waals surface area contributed by atoms with Gasteiger partial charge in [0.1, 0.15) is 23.0 Å². The SMILES string of the molecule is COc1ccc(O)c(/C(C)=N/NC(=O)c2cccc(N/N=C(\C)c3cc(OC)ccc3O)c2)c1. The lowest BCUT2D eigenvalue weighted by Gasteiger charge is -2.09. The van der Waals surface area contributed by atoms with Gasteiger partial charge in [0, 0.05) is 16.7 Å². The van der Waals surface area contributed by atoms with Crippen molar-refractivity contribution in [3.8, 4) is 23.0 Å². The minimum absolute atomic E-state index is 0.0257. The number of phenols is 2. The molecule has 0 fully saturated rings. The number of methoxy groups -OCH3 is 2. The van der Waals surface area contributed by atoms with Gasteiger partial charge < -0.3 is 19.7 Å². The number of hydrogen-bond acceptors (Lipinski definition) is 8. The molecular formula is C25H26N4O5. The van der Waals surface area contributed by atoms with Gasteiger partial charge in [-0.25, -0.2) is 5.43 Å². The molecule has 1 amide bonds. The van der Waals surface area contributed by atoms with Crippen LogP contribution >= 0.6 is 0 Å². The van der Waals surface area contributed by atoms with Gasteiger partial charge in [-0.1, -0.05) is 6.07 Å². The lowest BCUT2D eigenvalue weighted by atomic mass is 10.1. The summed E-state index contributed by atoms with van der Waals surface area (Å²) in [5, 5.41) is 28.5. The number of benzene rings is 3. The van der Waals surface area contributed by atoms with Gasteiger partial charge in [0.15, 0.2) is 0 Å². The minimum atomic E-state index is -0.434. The molecule has 0 bridgehead atoms. The van der Waals surface area contributed by atoms with Crippen LogP contribution in [0.1, 0.15) is 35.3 Å². The van der Waals surface area contributed by atoms with Crippen molar-refractivity contribution < 1.29 is 24.5 Å². The van der Waals surface area contributed by atoms with Crippen LogP contribution in [0.25, 0.3) is 0 Å². The number of carbonyl (C=O) groups is 1. The van der Waals surface area contributed by atoms with Crippen LogP contribution in [0.15, 0.2) is 70.9 Å². The average Bonchev–Trinajstić information content (AvgIpc) is 2.86. The summed E-state index contributed by atoms with van der Waals surface area (Å²) in [5.41, 5.74) is 8.21. The van der Waals surface area contributed by atoms with E-state index in [-0.39, 0.29) is 11.5 Å². The Bertz CT molecular complexity index is 1250. The van der Waals surface area contributed by atoms with Gasteiger partial charge >= 0.3 is 0 Å². The highest BCUT2D eigenvalue weighted by molar-refractivity contribution is 6.03. The quantitative estimate of drug-likeness (QED) is 0.295. The van der Waals surface area contributed by atoms with Crippen LogP contribution < -0.4 is 20.3 Å². The number of hydrogen-bond donors (Lipinski definition) is 4. The zero-order chi connectivity index (χ0) is 24.7. The monoisotopic (exact) mass is 462 g/mol. The minimum Gasteiger partial charge on any atom is -0.507 e. The van der Waals surface area contributed by atoms with E-state index in [9.17, 15) is 15.0 Å². The Hall–Kier alpha value is -4.53. The first-order valence-corrected chi connectivity index (χ1v) is 10.3. The molecule has 3 aromatic carbocycles. The first-order chi connectivity index (χ1) is 16.3. The molecule has 9 heteroatoms. The molecule has 0 unspecified atom stereocenters. The second kappa shape index (κ2) is 10.9.